The Kier molecular flexibility index (Phi) is 3.45. The van der Waals surface area contributed by atoms with Crippen molar-refractivity contribution in [2.45, 2.75) is 10.7 Å². The first-order chi connectivity index (χ1) is 7.53. The lowest BCUT2D eigenvalue weighted by molar-refractivity contribution is 0.0723. The average Bonchev–Trinajstić information content (AvgIpc) is 2.61. The van der Waals surface area contributed by atoms with Crippen LogP contribution in [-0.2, 0) is 14.8 Å². The fourth-order valence-electron chi connectivity index (χ4n) is 1.63. The molecule has 0 aromatic heterocycles. The zero-order valence-corrected chi connectivity index (χ0v) is 10.2. The summed E-state index contributed by atoms with van der Waals surface area (Å²) in [5.41, 5.74) is 5.69. The summed E-state index contributed by atoms with van der Waals surface area (Å²) in [6.45, 7) is 1.48. The van der Waals surface area contributed by atoms with Gasteiger partial charge in [0.05, 0.1) is 13.2 Å². The number of nitrogens with two attached hydrogens (primary N) is 1. The molecular weight excluding hydrogens is 252 g/mol. The molecule has 2 rings (SSSR count). The monoisotopic (exact) mass is 266 g/mol. The van der Waals surface area contributed by atoms with Gasteiger partial charge in [-0.1, -0.05) is 0 Å². The molecule has 2 unspecified atom stereocenters. The Morgan fingerprint density at radius 2 is 2.12 bits per heavy atom. The number of sulfonamides is 1. The Morgan fingerprint density at radius 3 is 2.62 bits per heavy atom. The minimum atomic E-state index is -3.51. The van der Waals surface area contributed by atoms with E-state index in [2.05, 4.69) is 0 Å². The van der Waals surface area contributed by atoms with E-state index in [1.54, 1.807) is 0 Å². The van der Waals surface area contributed by atoms with Crippen LogP contribution in [-0.4, -0.2) is 54.8 Å². The zero-order chi connectivity index (χ0) is 11.8. The van der Waals surface area contributed by atoms with Gasteiger partial charge in [0, 0.05) is 18.8 Å². The summed E-state index contributed by atoms with van der Waals surface area (Å²) in [7, 11) is -3.51. The highest BCUT2D eigenvalue weighted by molar-refractivity contribution is 8.14. The molecule has 2 aliphatic rings. The quantitative estimate of drug-likeness (QED) is 0.658. The maximum Gasteiger partial charge on any atom is 0.229 e. The third kappa shape index (κ3) is 2.07. The van der Waals surface area contributed by atoms with Crippen molar-refractivity contribution in [3.63, 3.8) is 0 Å². The van der Waals surface area contributed by atoms with Crippen molar-refractivity contribution in [1.82, 2.24) is 4.31 Å². The number of aliphatic hydroxyl groups is 1. The number of hydrogen-bond acceptors (Lipinski definition) is 6. The first-order valence-corrected chi connectivity index (χ1v) is 7.34. The Labute approximate surface area is 98.5 Å². The second kappa shape index (κ2) is 4.53. The number of rotatable bonds is 2. The third-order valence-electron chi connectivity index (χ3n) is 2.56. The predicted molar refractivity (Wildman–Crippen MR) is 61.0 cm³/mol. The molecule has 0 aliphatic carbocycles. The number of morpholine rings is 1. The van der Waals surface area contributed by atoms with E-state index in [-0.39, 0.29) is 5.70 Å². The number of nitrogens with zero attached hydrogens (tertiary/aromatic N) is 1. The van der Waals surface area contributed by atoms with Gasteiger partial charge in [0.2, 0.25) is 10.0 Å². The molecular formula is C8H14N2O4S2. The van der Waals surface area contributed by atoms with Crippen LogP contribution in [0.5, 0.6) is 0 Å². The van der Waals surface area contributed by atoms with Gasteiger partial charge in [-0.3, -0.25) is 0 Å². The van der Waals surface area contributed by atoms with Gasteiger partial charge in [-0.05, 0) is 5.41 Å². The van der Waals surface area contributed by atoms with E-state index in [9.17, 15) is 13.5 Å². The Bertz CT molecular complexity index is 389. The lowest BCUT2D eigenvalue weighted by atomic mass is 10.3. The topological polar surface area (TPSA) is 92.9 Å². The van der Waals surface area contributed by atoms with E-state index in [4.69, 9.17) is 10.5 Å². The third-order valence-corrected chi connectivity index (χ3v) is 6.49. The molecule has 2 aliphatic heterocycles. The number of thioether (sulfide) groups is 1. The number of ether oxygens (including phenoxy) is 1. The van der Waals surface area contributed by atoms with Crippen molar-refractivity contribution in [2.24, 2.45) is 5.73 Å². The van der Waals surface area contributed by atoms with Crippen LogP contribution in [0.4, 0.5) is 0 Å². The molecule has 8 heteroatoms. The molecule has 2 heterocycles. The molecule has 6 nitrogen and oxygen atoms in total. The van der Waals surface area contributed by atoms with Crippen molar-refractivity contribution in [3.05, 3.63) is 11.1 Å². The fraction of sp³-hybridized carbons (Fsp3) is 0.750. The normalized spacial score (nSPS) is 32.7. The van der Waals surface area contributed by atoms with Crippen molar-refractivity contribution in [3.8, 4) is 0 Å². The standard InChI is InChI=1S/C8H14N2O4S2/c9-6-5-15-8(7(6)11)16(12,13)10-1-3-14-4-2-10/h5,7-8,11H,1-4,9H2. The molecule has 16 heavy (non-hydrogen) atoms. The Hall–Kier alpha value is -0.280. The zero-order valence-electron chi connectivity index (χ0n) is 8.57. The van der Waals surface area contributed by atoms with Gasteiger partial charge in [0.25, 0.3) is 0 Å². The van der Waals surface area contributed by atoms with Gasteiger partial charge in [0.15, 0.2) is 4.58 Å². The lowest BCUT2D eigenvalue weighted by Gasteiger charge is -2.29. The molecule has 0 saturated carbocycles. The van der Waals surface area contributed by atoms with Crippen LogP contribution in [0.15, 0.2) is 11.1 Å². The molecule has 1 saturated heterocycles. The summed E-state index contributed by atoms with van der Waals surface area (Å²) in [5.74, 6) is 0. The Balaban J connectivity index is 2.13. The van der Waals surface area contributed by atoms with Crippen molar-refractivity contribution >= 4 is 21.8 Å². The summed E-state index contributed by atoms with van der Waals surface area (Å²) in [6, 6.07) is 0. The average molecular weight is 266 g/mol. The van der Waals surface area contributed by atoms with Gasteiger partial charge < -0.3 is 15.6 Å². The van der Waals surface area contributed by atoms with Crippen molar-refractivity contribution in [2.75, 3.05) is 26.3 Å². The van der Waals surface area contributed by atoms with Crippen molar-refractivity contribution in [1.29, 1.82) is 0 Å². The molecule has 2 atom stereocenters. The van der Waals surface area contributed by atoms with Crippen molar-refractivity contribution < 1.29 is 18.3 Å². The molecule has 92 valence electrons. The minimum absolute atomic E-state index is 0.215. The second-order valence-electron chi connectivity index (χ2n) is 3.62. The SMILES string of the molecule is NC1=CSC(S(=O)(=O)N2CCOCC2)C1O. The molecule has 0 amide bonds. The molecule has 0 spiro atoms. The van der Waals surface area contributed by atoms with E-state index >= 15 is 0 Å². The molecule has 1 fully saturated rings. The summed E-state index contributed by atoms with van der Waals surface area (Å²) in [6.07, 6.45) is -1.11. The second-order valence-corrected chi connectivity index (χ2v) is 6.99. The number of aliphatic hydroxyl groups excluding tert-OH is 1. The van der Waals surface area contributed by atoms with Gasteiger partial charge >= 0.3 is 0 Å². The highest BCUT2D eigenvalue weighted by Crippen LogP contribution is 2.33. The van der Waals surface area contributed by atoms with Gasteiger partial charge in [-0.15, -0.1) is 11.8 Å². The fourth-order valence-corrected chi connectivity index (χ4v) is 4.89. The summed E-state index contributed by atoms with van der Waals surface area (Å²) >= 11 is 1.05. The number of hydrogen-bond donors (Lipinski definition) is 2. The van der Waals surface area contributed by atoms with E-state index < -0.39 is 20.7 Å². The highest BCUT2D eigenvalue weighted by Gasteiger charge is 2.41. The van der Waals surface area contributed by atoms with E-state index in [0.717, 1.165) is 11.8 Å². The molecule has 3 N–H and O–H groups in total. The molecule has 0 aromatic carbocycles. The summed E-state index contributed by atoms with van der Waals surface area (Å²) in [4.78, 5) is 0. The predicted octanol–water partition coefficient (Wildman–Crippen LogP) is -1.12. The van der Waals surface area contributed by atoms with Gasteiger partial charge in [-0.25, -0.2) is 8.42 Å². The smallest absolute Gasteiger partial charge is 0.229 e. The van der Waals surface area contributed by atoms with Gasteiger partial charge in [-0.2, -0.15) is 4.31 Å². The summed E-state index contributed by atoms with van der Waals surface area (Å²) < 4.78 is 29.8. The van der Waals surface area contributed by atoms with E-state index in [1.807, 2.05) is 0 Å². The molecule has 0 aromatic rings. The highest BCUT2D eigenvalue weighted by atomic mass is 32.3. The first kappa shape index (κ1) is 12.2. The Morgan fingerprint density at radius 1 is 1.50 bits per heavy atom. The first-order valence-electron chi connectivity index (χ1n) is 4.89. The van der Waals surface area contributed by atoms with E-state index in [0.29, 0.717) is 26.3 Å². The van der Waals surface area contributed by atoms with Crippen LogP contribution in [0.25, 0.3) is 0 Å². The van der Waals surface area contributed by atoms with Gasteiger partial charge in [0.1, 0.15) is 6.10 Å². The van der Waals surface area contributed by atoms with Crippen LogP contribution >= 0.6 is 11.8 Å². The maximum atomic E-state index is 12.1. The van der Waals surface area contributed by atoms with Crippen LogP contribution in [0, 0.1) is 0 Å². The minimum Gasteiger partial charge on any atom is -0.399 e. The van der Waals surface area contributed by atoms with Crippen LogP contribution in [0.3, 0.4) is 0 Å². The maximum absolute atomic E-state index is 12.1. The van der Waals surface area contributed by atoms with Crippen LogP contribution in [0.2, 0.25) is 0 Å². The largest absolute Gasteiger partial charge is 0.399 e. The molecule has 0 radical (unpaired) electrons. The van der Waals surface area contributed by atoms with E-state index in [1.165, 1.54) is 9.71 Å². The lowest BCUT2D eigenvalue weighted by Crippen LogP contribution is -2.47. The summed E-state index contributed by atoms with van der Waals surface area (Å²) in [5, 5.41) is 11.2. The van der Waals surface area contributed by atoms with Crippen LogP contribution < -0.4 is 5.73 Å². The van der Waals surface area contributed by atoms with Crippen LogP contribution in [0.1, 0.15) is 0 Å². The molecule has 0 bridgehead atoms.